The first-order valence-corrected chi connectivity index (χ1v) is 13.3. The second kappa shape index (κ2) is 11.4. The Kier molecular flexibility index (Phi) is 8.17. The third-order valence-electron chi connectivity index (χ3n) is 6.95. The summed E-state index contributed by atoms with van der Waals surface area (Å²) in [4.78, 5) is 34.1. The molecule has 0 aliphatic carbocycles. The van der Waals surface area contributed by atoms with Gasteiger partial charge in [0.15, 0.2) is 0 Å². The Balaban J connectivity index is 1.78. The Morgan fingerprint density at radius 2 is 1.71 bits per heavy atom. The number of aromatic amines is 2. The molecule has 0 atom stereocenters. The number of carbonyl (C=O) groups excluding carboxylic acids is 1. The van der Waals surface area contributed by atoms with Gasteiger partial charge in [0.05, 0.1) is 17.6 Å². The van der Waals surface area contributed by atoms with E-state index in [1.54, 1.807) is 4.90 Å². The van der Waals surface area contributed by atoms with Crippen LogP contribution in [0.25, 0.3) is 22.0 Å². The van der Waals surface area contributed by atoms with Gasteiger partial charge in [-0.15, -0.1) is 0 Å². The highest BCUT2D eigenvalue weighted by atomic mass is 16.2. The Labute approximate surface area is 224 Å². The quantitative estimate of drug-likeness (QED) is 0.305. The highest BCUT2D eigenvalue weighted by Crippen LogP contribution is 2.30. The molecule has 2 heterocycles. The van der Waals surface area contributed by atoms with Crippen molar-refractivity contribution in [2.45, 2.75) is 66.6 Å². The zero-order chi connectivity index (χ0) is 27.6. The largest absolute Gasteiger partial charge is 0.332 e. The van der Waals surface area contributed by atoms with E-state index >= 15 is 0 Å². The zero-order valence-corrected chi connectivity index (χ0v) is 23.6. The maximum atomic E-state index is 14.2. The molecule has 0 aliphatic rings. The highest BCUT2D eigenvalue weighted by Gasteiger charge is 2.25. The summed E-state index contributed by atoms with van der Waals surface area (Å²) in [5, 5.41) is 8.38. The van der Waals surface area contributed by atoms with Gasteiger partial charge < -0.3 is 14.8 Å². The van der Waals surface area contributed by atoms with E-state index in [0.29, 0.717) is 11.1 Å². The van der Waals surface area contributed by atoms with E-state index in [4.69, 9.17) is 0 Å². The van der Waals surface area contributed by atoms with Crippen LogP contribution < -0.4 is 5.56 Å². The molecule has 0 radical (unpaired) electrons. The van der Waals surface area contributed by atoms with E-state index < -0.39 is 0 Å². The van der Waals surface area contributed by atoms with Crippen molar-refractivity contribution < 1.29 is 4.79 Å². The van der Waals surface area contributed by atoms with E-state index in [2.05, 4.69) is 65.4 Å². The molecule has 0 spiro atoms. The van der Waals surface area contributed by atoms with Crippen LogP contribution in [0.4, 0.5) is 0 Å². The summed E-state index contributed by atoms with van der Waals surface area (Å²) in [6.07, 6.45) is 1.72. The second-order valence-electron chi connectivity index (χ2n) is 10.8. The number of amides is 1. The monoisotopic (exact) mass is 513 g/mol. The van der Waals surface area contributed by atoms with Crippen LogP contribution in [-0.2, 0) is 19.5 Å². The lowest BCUT2D eigenvalue weighted by Gasteiger charge is -2.28. The number of hydrogen-bond acceptors (Lipinski definition) is 4. The molecule has 7 heteroatoms. The lowest BCUT2D eigenvalue weighted by molar-refractivity contribution is 0.0691. The molecular weight excluding hydrogens is 474 g/mol. The standard InChI is InChI=1S/C31H39N5O2/c1-8-9-24-14-20(4)32-30(37)27(24)18-36(19(2)3)31(38)26-15-25(16-28-29(26)21(5)33-34-28)23-12-10-22(11-13-23)17-35(6)7/h10-16,19H,8-9,17-18H2,1-7H3,(H,32,37)(H,33,34). The fraction of sp³-hybridized carbons (Fsp3) is 0.387. The van der Waals surface area contributed by atoms with Crippen molar-refractivity contribution in [3.8, 4) is 11.1 Å². The Morgan fingerprint density at radius 1 is 1.00 bits per heavy atom. The number of fused-ring (bicyclic) bond motifs is 1. The van der Waals surface area contributed by atoms with Crippen LogP contribution in [0.1, 0.15) is 65.6 Å². The van der Waals surface area contributed by atoms with Crippen LogP contribution in [0.5, 0.6) is 0 Å². The number of hydrogen-bond donors (Lipinski definition) is 2. The van der Waals surface area contributed by atoms with Gasteiger partial charge in [-0.25, -0.2) is 0 Å². The normalized spacial score (nSPS) is 11.6. The number of aryl methyl sites for hydroxylation is 3. The first-order valence-electron chi connectivity index (χ1n) is 13.3. The Morgan fingerprint density at radius 3 is 2.34 bits per heavy atom. The van der Waals surface area contributed by atoms with Crippen LogP contribution in [0, 0.1) is 13.8 Å². The number of aromatic nitrogens is 3. The summed E-state index contributed by atoms with van der Waals surface area (Å²) in [6.45, 7) is 11.0. The molecule has 200 valence electrons. The Hall–Kier alpha value is -3.71. The van der Waals surface area contributed by atoms with Gasteiger partial charge in [0.25, 0.3) is 11.5 Å². The molecule has 4 rings (SSSR count). The van der Waals surface area contributed by atoms with Crippen LogP contribution in [-0.4, -0.2) is 51.0 Å². The molecule has 38 heavy (non-hydrogen) atoms. The number of H-pyrrole nitrogens is 2. The number of pyridine rings is 1. The lowest BCUT2D eigenvalue weighted by atomic mass is 9.97. The van der Waals surface area contributed by atoms with Crippen molar-refractivity contribution in [2.75, 3.05) is 14.1 Å². The van der Waals surface area contributed by atoms with E-state index in [-0.39, 0.29) is 24.1 Å². The van der Waals surface area contributed by atoms with Gasteiger partial charge >= 0.3 is 0 Å². The molecule has 0 saturated carbocycles. The van der Waals surface area contributed by atoms with Gasteiger partial charge in [0.1, 0.15) is 0 Å². The average molecular weight is 514 g/mol. The Bertz CT molecular complexity index is 1500. The molecule has 0 aliphatic heterocycles. The zero-order valence-electron chi connectivity index (χ0n) is 23.6. The SMILES string of the molecule is CCCc1cc(C)[nH]c(=O)c1CN(C(=O)c1cc(-c2ccc(CN(C)C)cc2)cc2n[nH]c(C)c12)C(C)C. The smallest absolute Gasteiger partial charge is 0.255 e. The van der Waals surface area contributed by atoms with Gasteiger partial charge in [-0.1, -0.05) is 37.6 Å². The number of benzene rings is 2. The average Bonchev–Trinajstić information content (AvgIpc) is 3.23. The van der Waals surface area contributed by atoms with Crippen molar-refractivity contribution >= 4 is 16.8 Å². The minimum atomic E-state index is -0.122. The fourth-order valence-electron chi connectivity index (χ4n) is 5.08. The molecule has 0 unspecified atom stereocenters. The summed E-state index contributed by atoms with van der Waals surface area (Å²) >= 11 is 0. The van der Waals surface area contributed by atoms with Crippen LogP contribution in [0.3, 0.4) is 0 Å². The van der Waals surface area contributed by atoms with Crippen molar-refractivity contribution in [1.29, 1.82) is 0 Å². The van der Waals surface area contributed by atoms with Crippen LogP contribution in [0.2, 0.25) is 0 Å². The van der Waals surface area contributed by atoms with Gasteiger partial charge in [-0.3, -0.25) is 14.7 Å². The van der Waals surface area contributed by atoms with Gasteiger partial charge in [0, 0.05) is 34.9 Å². The third kappa shape index (κ3) is 5.73. The number of nitrogens with one attached hydrogen (secondary N) is 2. The fourth-order valence-corrected chi connectivity index (χ4v) is 5.08. The first kappa shape index (κ1) is 27.3. The summed E-state index contributed by atoms with van der Waals surface area (Å²) < 4.78 is 0. The topological polar surface area (TPSA) is 85.1 Å². The summed E-state index contributed by atoms with van der Waals surface area (Å²) in [7, 11) is 4.10. The molecule has 2 N–H and O–H groups in total. The molecule has 0 bridgehead atoms. The maximum absolute atomic E-state index is 14.2. The third-order valence-corrected chi connectivity index (χ3v) is 6.95. The second-order valence-corrected chi connectivity index (χ2v) is 10.8. The molecule has 0 fully saturated rings. The predicted octanol–water partition coefficient (Wildman–Crippen LogP) is 5.60. The molecule has 0 saturated heterocycles. The van der Waals surface area contributed by atoms with Crippen molar-refractivity contribution in [3.63, 3.8) is 0 Å². The van der Waals surface area contributed by atoms with E-state index in [9.17, 15) is 9.59 Å². The molecule has 1 amide bonds. The number of nitrogens with zero attached hydrogens (tertiary/aromatic N) is 3. The molecule has 2 aromatic heterocycles. The molecule has 2 aromatic carbocycles. The predicted molar refractivity (Wildman–Crippen MR) is 154 cm³/mol. The van der Waals surface area contributed by atoms with Crippen molar-refractivity contribution in [1.82, 2.24) is 25.0 Å². The van der Waals surface area contributed by atoms with E-state index in [1.807, 2.05) is 45.9 Å². The van der Waals surface area contributed by atoms with Gasteiger partial charge in [0.2, 0.25) is 0 Å². The molecule has 7 nitrogen and oxygen atoms in total. The first-order chi connectivity index (χ1) is 18.1. The number of rotatable bonds is 9. The van der Waals surface area contributed by atoms with Crippen molar-refractivity contribution in [2.24, 2.45) is 0 Å². The molecule has 4 aromatic rings. The van der Waals surface area contributed by atoms with E-state index in [0.717, 1.165) is 58.4 Å². The summed E-state index contributed by atoms with van der Waals surface area (Å²) in [6, 6.07) is 14.4. The van der Waals surface area contributed by atoms with Gasteiger partial charge in [-0.05, 0) is 88.7 Å². The minimum absolute atomic E-state index is 0.103. The summed E-state index contributed by atoms with van der Waals surface area (Å²) in [5.74, 6) is -0.108. The van der Waals surface area contributed by atoms with Crippen molar-refractivity contribution in [3.05, 3.63) is 86.5 Å². The van der Waals surface area contributed by atoms with Crippen LogP contribution >= 0.6 is 0 Å². The maximum Gasteiger partial charge on any atom is 0.255 e. The van der Waals surface area contributed by atoms with Crippen LogP contribution in [0.15, 0.2) is 47.3 Å². The van der Waals surface area contributed by atoms with Gasteiger partial charge in [-0.2, -0.15) is 5.10 Å². The van der Waals surface area contributed by atoms with E-state index in [1.165, 1.54) is 5.56 Å². The summed E-state index contributed by atoms with van der Waals surface area (Å²) in [5.41, 5.74) is 7.76. The number of carbonyl (C=O) groups is 1. The highest BCUT2D eigenvalue weighted by molar-refractivity contribution is 6.09. The molecular formula is C31H39N5O2. The lowest BCUT2D eigenvalue weighted by Crippen LogP contribution is -2.38. The minimum Gasteiger partial charge on any atom is -0.332 e.